The van der Waals surface area contributed by atoms with Crippen LogP contribution >= 0.6 is 0 Å². The van der Waals surface area contributed by atoms with Crippen molar-refractivity contribution >= 4 is 16.5 Å². The van der Waals surface area contributed by atoms with Gasteiger partial charge in [0.2, 0.25) is 0 Å². The molecule has 1 aliphatic rings. The summed E-state index contributed by atoms with van der Waals surface area (Å²) in [7, 11) is 0. The third-order valence-corrected chi connectivity index (χ3v) is 4.07. The molecule has 0 unspecified atom stereocenters. The van der Waals surface area contributed by atoms with Gasteiger partial charge in [-0.15, -0.1) is 0 Å². The fourth-order valence-corrected chi connectivity index (χ4v) is 3.20. The number of pyridine rings is 1. The van der Waals surface area contributed by atoms with Gasteiger partial charge >= 0.3 is 0 Å². The van der Waals surface area contributed by atoms with Crippen molar-refractivity contribution in [1.29, 1.82) is 0 Å². The van der Waals surface area contributed by atoms with E-state index in [0.717, 1.165) is 12.1 Å². The topological polar surface area (TPSA) is 24.9 Å². The van der Waals surface area contributed by atoms with Crippen LogP contribution in [0.1, 0.15) is 38.8 Å². The van der Waals surface area contributed by atoms with E-state index in [9.17, 15) is 0 Å². The predicted molar refractivity (Wildman–Crippen MR) is 85.2 cm³/mol. The van der Waals surface area contributed by atoms with E-state index in [4.69, 9.17) is 0 Å². The van der Waals surface area contributed by atoms with Crippen molar-refractivity contribution in [2.45, 2.75) is 34.2 Å². The molecule has 0 radical (unpaired) electrons. The fraction of sp³-hybridized carbons (Fsp3) is 0.389. The second-order valence-corrected chi connectivity index (χ2v) is 6.16. The summed E-state index contributed by atoms with van der Waals surface area (Å²) in [5.41, 5.74) is 6.71. The molecule has 104 valence electrons. The Bertz CT molecular complexity index is 681. The molecule has 0 fully saturated rings. The summed E-state index contributed by atoms with van der Waals surface area (Å²) >= 11 is 0. The zero-order valence-corrected chi connectivity index (χ0v) is 12.7. The Balaban J connectivity index is 2.29. The third-order valence-electron chi connectivity index (χ3n) is 4.07. The maximum absolute atomic E-state index is 4.60. The number of benzene rings is 1. The average molecular weight is 266 g/mol. The second-order valence-electron chi connectivity index (χ2n) is 6.16. The Labute approximate surface area is 120 Å². The van der Waals surface area contributed by atoms with Gasteiger partial charge in [0.15, 0.2) is 0 Å². The molecule has 0 saturated heterocycles. The highest BCUT2D eigenvalue weighted by Crippen LogP contribution is 2.37. The van der Waals surface area contributed by atoms with Gasteiger partial charge in [0.05, 0.1) is 5.52 Å². The molecule has 2 nitrogen and oxygen atoms in total. The molecule has 0 aliphatic carbocycles. The van der Waals surface area contributed by atoms with Gasteiger partial charge in [-0.25, -0.2) is 0 Å². The molecule has 1 aromatic carbocycles. The van der Waals surface area contributed by atoms with Crippen molar-refractivity contribution < 1.29 is 0 Å². The maximum atomic E-state index is 4.60. The Morgan fingerprint density at radius 1 is 1.05 bits per heavy atom. The summed E-state index contributed by atoms with van der Waals surface area (Å²) in [6.45, 7) is 9.95. The van der Waals surface area contributed by atoms with Crippen LogP contribution in [0.4, 0.5) is 0 Å². The van der Waals surface area contributed by atoms with Crippen LogP contribution in [0.15, 0.2) is 36.2 Å². The fourth-order valence-electron chi connectivity index (χ4n) is 3.20. The molecular weight excluding hydrogens is 244 g/mol. The number of hydrogen-bond acceptors (Lipinski definition) is 2. The highest BCUT2D eigenvalue weighted by atomic mass is 14.9. The lowest BCUT2D eigenvalue weighted by Crippen LogP contribution is -2.26. The molecule has 2 aromatic rings. The zero-order chi connectivity index (χ0) is 14.3. The van der Waals surface area contributed by atoms with Gasteiger partial charge in [-0.05, 0) is 29.0 Å². The number of nitrogens with zero attached hydrogens (tertiary/aromatic N) is 1. The Kier molecular flexibility index (Phi) is 3.25. The summed E-state index contributed by atoms with van der Waals surface area (Å²) in [6.07, 6.45) is 1.89. The third kappa shape index (κ3) is 2.00. The number of nitrogens with one attached hydrogen (secondary N) is 1. The van der Waals surface area contributed by atoms with Crippen LogP contribution in [0.3, 0.4) is 0 Å². The first-order valence-corrected chi connectivity index (χ1v) is 7.44. The van der Waals surface area contributed by atoms with Crippen molar-refractivity contribution in [3.05, 3.63) is 47.3 Å². The van der Waals surface area contributed by atoms with E-state index in [2.05, 4.69) is 56.2 Å². The highest BCUT2D eigenvalue weighted by Gasteiger charge is 2.24. The molecule has 2 heteroatoms. The number of rotatable bonds is 2. The van der Waals surface area contributed by atoms with Crippen molar-refractivity contribution in [1.82, 2.24) is 10.3 Å². The summed E-state index contributed by atoms with van der Waals surface area (Å²) in [5, 5.41) is 4.86. The lowest BCUT2D eigenvalue weighted by Gasteiger charge is -2.30. The number of hydrogen-bond donors (Lipinski definition) is 1. The quantitative estimate of drug-likeness (QED) is 0.873. The molecule has 0 spiro atoms. The van der Waals surface area contributed by atoms with Crippen molar-refractivity contribution in [2.24, 2.45) is 11.8 Å². The van der Waals surface area contributed by atoms with Gasteiger partial charge < -0.3 is 5.32 Å². The molecule has 3 rings (SSSR count). The second kappa shape index (κ2) is 4.93. The van der Waals surface area contributed by atoms with Gasteiger partial charge in [-0.2, -0.15) is 0 Å². The van der Waals surface area contributed by atoms with Crippen LogP contribution in [-0.2, 0) is 6.54 Å². The first-order chi connectivity index (χ1) is 9.59. The van der Waals surface area contributed by atoms with E-state index in [0.29, 0.717) is 11.8 Å². The minimum Gasteiger partial charge on any atom is -0.384 e. The Morgan fingerprint density at radius 3 is 2.55 bits per heavy atom. The zero-order valence-electron chi connectivity index (χ0n) is 12.7. The normalized spacial score (nSPS) is 14.9. The summed E-state index contributed by atoms with van der Waals surface area (Å²) in [6, 6.07) is 8.62. The van der Waals surface area contributed by atoms with E-state index >= 15 is 0 Å². The maximum Gasteiger partial charge on any atom is 0.0757 e. The lowest BCUT2D eigenvalue weighted by atomic mass is 9.83. The van der Waals surface area contributed by atoms with Crippen LogP contribution in [0.2, 0.25) is 0 Å². The standard InChI is InChI=1S/C18H22N2/c1-11(2)16-14-8-7-13-6-5-9-19-18(13)15(14)10-20-17(16)12(3)4/h5-9,11-12,20H,10H2,1-4H3. The molecule has 0 saturated carbocycles. The largest absolute Gasteiger partial charge is 0.384 e. The van der Waals surface area contributed by atoms with Crippen LogP contribution in [0.5, 0.6) is 0 Å². The number of aromatic nitrogens is 1. The molecule has 0 amide bonds. The van der Waals surface area contributed by atoms with Crippen LogP contribution < -0.4 is 5.32 Å². The highest BCUT2D eigenvalue weighted by molar-refractivity contribution is 5.89. The molecular formula is C18H22N2. The summed E-state index contributed by atoms with van der Waals surface area (Å²) in [4.78, 5) is 4.60. The Hall–Kier alpha value is -1.83. The minimum atomic E-state index is 0.514. The summed E-state index contributed by atoms with van der Waals surface area (Å²) < 4.78 is 0. The molecule has 20 heavy (non-hydrogen) atoms. The predicted octanol–water partition coefficient (Wildman–Crippen LogP) is 4.36. The van der Waals surface area contributed by atoms with Gasteiger partial charge in [0.1, 0.15) is 0 Å². The average Bonchev–Trinajstić information content (AvgIpc) is 2.45. The Morgan fingerprint density at radius 2 is 1.85 bits per heavy atom. The molecule has 2 heterocycles. The van der Waals surface area contributed by atoms with Crippen LogP contribution in [-0.4, -0.2) is 4.98 Å². The van der Waals surface area contributed by atoms with Gasteiger partial charge in [0.25, 0.3) is 0 Å². The molecule has 1 aromatic heterocycles. The number of fused-ring (bicyclic) bond motifs is 3. The van der Waals surface area contributed by atoms with Crippen molar-refractivity contribution in [3.63, 3.8) is 0 Å². The lowest BCUT2D eigenvalue weighted by molar-refractivity contribution is 0.630. The minimum absolute atomic E-state index is 0.514. The summed E-state index contributed by atoms with van der Waals surface area (Å²) in [5.74, 6) is 1.04. The monoisotopic (exact) mass is 266 g/mol. The number of allylic oxidation sites excluding steroid dienone is 2. The van der Waals surface area contributed by atoms with Gasteiger partial charge in [-0.3, -0.25) is 4.98 Å². The van der Waals surface area contributed by atoms with Crippen molar-refractivity contribution in [3.8, 4) is 0 Å². The molecule has 0 atom stereocenters. The first-order valence-electron chi connectivity index (χ1n) is 7.44. The van der Waals surface area contributed by atoms with E-state index in [1.165, 1.54) is 27.8 Å². The van der Waals surface area contributed by atoms with E-state index in [-0.39, 0.29) is 0 Å². The molecule has 0 bridgehead atoms. The van der Waals surface area contributed by atoms with Gasteiger partial charge in [0, 0.05) is 29.4 Å². The van der Waals surface area contributed by atoms with E-state index in [1.54, 1.807) is 0 Å². The van der Waals surface area contributed by atoms with E-state index in [1.807, 2.05) is 12.3 Å². The van der Waals surface area contributed by atoms with Gasteiger partial charge in [-0.1, -0.05) is 45.9 Å². The van der Waals surface area contributed by atoms with E-state index < -0.39 is 0 Å². The smallest absolute Gasteiger partial charge is 0.0757 e. The van der Waals surface area contributed by atoms with Crippen LogP contribution in [0, 0.1) is 11.8 Å². The molecule has 1 N–H and O–H groups in total. The van der Waals surface area contributed by atoms with Crippen molar-refractivity contribution in [2.75, 3.05) is 0 Å². The molecule has 1 aliphatic heterocycles. The van der Waals surface area contributed by atoms with Crippen LogP contribution in [0.25, 0.3) is 16.5 Å². The SMILES string of the molecule is CC(C)C1=C(C(C)C)c2ccc3cccnc3c2CN1. The first kappa shape index (κ1) is 13.2.